The molecule has 42 heavy (non-hydrogen) atoms. The number of aliphatic imine (C=N–C) groups is 2. The van der Waals surface area contributed by atoms with E-state index in [2.05, 4.69) is 101 Å². The maximum atomic E-state index is 5.18. The van der Waals surface area contributed by atoms with Crippen molar-refractivity contribution in [3.8, 4) is 11.3 Å². The summed E-state index contributed by atoms with van der Waals surface area (Å²) in [5.74, 6) is 1.92. The Balaban J connectivity index is 1.29. The van der Waals surface area contributed by atoms with Gasteiger partial charge in [-0.3, -0.25) is 4.98 Å². The highest BCUT2D eigenvalue weighted by Gasteiger charge is 2.26. The first-order chi connectivity index (χ1) is 20.8. The molecule has 2 atom stereocenters. The molecule has 1 aliphatic heterocycles. The van der Waals surface area contributed by atoms with Crippen molar-refractivity contribution >= 4 is 17.2 Å². The fraction of sp³-hybridized carbons (Fsp3) is 0.0789. The van der Waals surface area contributed by atoms with E-state index in [1.807, 2.05) is 60.8 Å². The van der Waals surface area contributed by atoms with Gasteiger partial charge in [0.15, 0.2) is 6.17 Å². The summed E-state index contributed by atoms with van der Waals surface area (Å²) in [5, 5.41) is 3.61. The van der Waals surface area contributed by atoms with Crippen molar-refractivity contribution in [2.75, 3.05) is 0 Å². The van der Waals surface area contributed by atoms with E-state index in [-0.39, 0.29) is 12.1 Å². The molecule has 4 heteroatoms. The van der Waals surface area contributed by atoms with Crippen LogP contribution in [-0.4, -0.2) is 16.7 Å². The van der Waals surface area contributed by atoms with E-state index in [1.54, 1.807) is 0 Å². The van der Waals surface area contributed by atoms with E-state index in [9.17, 15) is 0 Å². The van der Waals surface area contributed by atoms with Crippen LogP contribution in [0.15, 0.2) is 167 Å². The minimum atomic E-state index is -0.319. The van der Waals surface area contributed by atoms with Crippen molar-refractivity contribution in [1.82, 2.24) is 10.3 Å². The van der Waals surface area contributed by atoms with Gasteiger partial charge in [0.05, 0.1) is 5.69 Å². The highest BCUT2D eigenvalue weighted by molar-refractivity contribution is 6.16. The molecule has 0 radical (unpaired) electrons. The van der Waals surface area contributed by atoms with Crippen LogP contribution in [0.4, 0.5) is 0 Å². The Morgan fingerprint density at radius 3 is 1.86 bits per heavy atom. The number of pyridine rings is 1. The highest BCUT2D eigenvalue weighted by atomic mass is 15.2. The van der Waals surface area contributed by atoms with Crippen LogP contribution in [0.2, 0.25) is 0 Å². The van der Waals surface area contributed by atoms with Gasteiger partial charge in [-0.2, -0.15) is 0 Å². The summed E-state index contributed by atoms with van der Waals surface area (Å²) in [7, 11) is 0. The molecular formula is C38H30N4. The van der Waals surface area contributed by atoms with Crippen LogP contribution in [0.25, 0.3) is 16.8 Å². The zero-order chi connectivity index (χ0) is 28.1. The molecular weight excluding hydrogens is 512 g/mol. The molecule has 0 bridgehead atoms. The zero-order valence-electron chi connectivity index (χ0n) is 23.1. The monoisotopic (exact) mass is 542 g/mol. The summed E-state index contributed by atoms with van der Waals surface area (Å²) >= 11 is 0. The lowest BCUT2D eigenvalue weighted by Gasteiger charge is -2.28. The summed E-state index contributed by atoms with van der Waals surface area (Å²) in [5.41, 5.74) is 9.00. The summed E-state index contributed by atoms with van der Waals surface area (Å²) in [6, 6.07) is 46.0. The lowest BCUT2D eigenvalue weighted by molar-refractivity contribution is 0.747. The highest BCUT2D eigenvalue weighted by Crippen LogP contribution is 2.37. The summed E-state index contributed by atoms with van der Waals surface area (Å²) < 4.78 is 0. The zero-order valence-corrected chi connectivity index (χ0v) is 23.1. The molecule has 1 aliphatic carbocycles. The molecule has 2 aliphatic rings. The fourth-order valence-corrected chi connectivity index (χ4v) is 5.56. The Morgan fingerprint density at radius 1 is 0.548 bits per heavy atom. The van der Waals surface area contributed by atoms with Crippen molar-refractivity contribution in [2.45, 2.75) is 18.5 Å². The van der Waals surface area contributed by atoms with Gasteiger partial charge in [-0.05, 0) is 52.5 Å². The van der Waals surface area contributed by atoms with Crippen LogP contribution >= 0.6 is 0 Å². The molecule has 2 unspecified atom stereocenters. The number of aromatic nitrogens is 1. The topological polar surface area (TPSA) is 49.6 Å². The average Bonchev–Trinajstić information content (AvgIpc) is 3.09. The molecule has 1 N–H and O–H groups in total. The third kappa shape index (κ3) is 5.48. The van der Waals surface area contributed by atoms with Gasteiger partial charge in [-0.1, -0.05) is 127 Å². The van der Waals surface area contributed by atoms with Gasteiger partial charge in [-0.15, -0.1) is 0 Å². The maximum Gasteiger partial charge on any atom is 0.169 e. The third-order valence-corrected chi connectivity index (χ3v) is 7.75. The van der Waals surface area contributed by atoms with Crippen molar-refractivity contribution in [2.24, 2.45) is 9.98 Å². The summed E-state index contributed by atoms with van der Waals surface area (Å²) in [6.45, 7) is 0. The van der Waals surface area contributed by atoms with Crippen LogP contribution in [-0.2, 0) is 0 Å². The normalized spacial score (nSPS) is 18.2. The Kier molecular flexibility index (Phi) is 7.09. The van der Waals surface area contributed by atoms with Crippen LogP contribution in [0, 0.1) is 0 Å². The molecule has 202 valence electrons. The van der Waals surface area contributed by atoms with E-state index in [0.29, 0.717) is 0 Å². The van der Waals surface area contributed by atoms with E-state index >= 15 is 0 Å². The number of nitrogens with one attached hydrogen (secondary N) is 1. The molecule has 2 heterocycles. The minimum absolute atomic E-state index is 0.218. The number of nitrogens with zero attached hydrogens (tertiary/aromatic N) is 3. The number of amidine groups is 2. The summed E-state index contributed by atoms with van der Waals surface area (Å²) in [4.78, 5) is 14.7. The van der Waals surface area contributed by atoms with E-state index in [0.717, 1.165) is 40.5 Å². The largest absolute Gasteiger partial charge is 0.325 e. The second kappa shape index (κ2) is 11.6. The smallest absolute Gasteiger partial charge is 0.169 e. The molecule has 0 spiro atoms. The van der Waals surface area contributed by atoms with Crippen molar-refractivity contribution in [3.05, 3.63) is 180 Å². The van der Waals surface area contributed by atoms with Crippen LogP contribution in [0.3, 0.4) is 0 Å². The quantitative estimate of drug-likeness (QED) is 0.234. The Morgan fingerprint density at radius 2 is 1.17 bits per heavy atom. The predicted molar refractivity (Wildman–Crippen MR) is 172 cm³/mol. The van der Waals surface area contributed by atoms with Gasteiger partial charge < -0.3 is 5.32 Å². The van der Waals surface area contributed by atoms with Crippen LogP contribution < -0.4 is 5.32 Å². The fourth-order valence-electron chi connectivity index (χ4n) is 5.56. The first-order valence-corrected chi connectivity index (χ1v) is 14.3. The standard InChI is InChI=1S/C38H30N4/c1-4-12-27(13-5-1)32-24-33(28-19-21-29(22-20-28)35-18-10-11-23-39-35)26-34(25-32)38-41-36(30-14-6-2-7-15-30)40-37(42-38)31-16-8-3-9-17-31/h1-24,26,32,36H,25H2,(H,40,41,42). The van der Waals surface area contributed by atoms with Crippen molar-refractivity contribution in [1.29, 1.82) is 0 Å². The third-order valence-electron chi connectivity index (χ3n) is 7.75. The van der Waals surface area contributed by atoms with Crippen LogP contribution in [0.5, 0.6) is 0 Å². The van der Waals surface area contributed by atoms with Crippen LogP contribution in [0.1, 0.15) is 40.8 Å². The molecule has 7 rings (SSSR count). The number of hydrogen-bond donors (Lipinski definition) is 1. The minimum Gasteiger partial charge on any atom is -0.325 e. The lowest BCUT2D eigenvalue weighted by Crippen LogP contribution is -2.37. The van der Waals surface area contributed by atoms with Crippen molar-refractivity contribution in [3.63, 3.8) is 0 Å². The van der Waals surface area contributed by atoms with Gasteiger partial charge in [0.1, 0.15) is 11.7 Å². The Labute approximate surface area is 246 Å². The predicted octanol–water partition coefficient (Wildman–Crippen LogP) is 8.39. The van der Waals surface area contributed by atoms with E-state index in [4.69, 9.17) is 9.98 Å². The SMILES string of the molecule is C1=C(C2=NC(c3ccccc3)N=C(c3ccccc3)N2)CC(c2ccccc2)C=C1c1ccc(-c2ccccn2)cc1. The molecule has 0 saturated heterocycles. The second-order valence-electron chi connectivity index (χ2n) is 10.5. The number of benzene rings is 4. The number of rotatable bonds is 6. The molecule has 5 aromatic rings. The van der Waals surface area contributed by atoms with Gasteiger partial charge >= 0.3 is 0 Å². The van der Waals surface area contributed by atoms with Gasteiger partial charge in [0.2, 0.25) is 0 Å². The molecule has 0 saturated carbocycles. The Bertz CT molecular complexity index is 1790. The first kappa shape index (κ1) is 25.6. The number of hydrogen-bond acceptors (Lipinski definition) is 4. The number of allylic oxidation sites excluding steroid dienone is 3. The summed E-state index contributed by atoms with van der Waals surface area (Å²) in [6.07, 6.45) is 7.03. The maximum absolute atomic E-state index is 5.18. The Hall–Kier alpha value is -5.35. The second-order valence-corrected chi connectivity index (χ2v) is 10.5. The molecule has 4 nitrogen and oxygen atoms in total. The van der Waals surface area contributed by atoms with Crippen molar-refractivity contribution < 1.29 is 0 Å². The molecule has 0 fully saturated rings. The van der Waals surface area contributed by atoms with Gasteiger partial charge in [0, 0.05) is 23.2 Å². The first-order valence-electron chi connectivity index (χ1n) is 14.3. The molecule has 4 aromatic carbocycles. The van der Waals surface area contributed by atoms with E-state index in [1.165, 1.54) is 22.3 Å². The molecule has 0 amide bonds. The van der Waals surface area contributed by atoms with Gasteiger partial charge in [-0.25, -0.2) is 9.98 Å². The average molecular weight is 543 g/mol. The van der Waals surface area contributed by atoms with Gasteiger partial charge in [0.25, 0.3) is 0 Å². The molecule has 1 aromatic heterocycles. The van der Waals surface area contributed by atoms with E-state index < -0.39 is 0 Å². The lowest BCUT2D eigenvalue weighted by atomic mass is 9.83.